The second-order valence-corrected chi connectivity index (χ2v) is 8.87. The fraction of sp³-hybridized carbons (Fsp3) is 0.100. The highest BCUT2D eigenvalue weighted by Gasteiger charge is 2.16. The Morgan fingerprint density at radius 2 is 1.27 bits per heavy atom. The minimum atomic E-state index is -0.725. The molecule has 0 atom stereocenters. The van der Waals surface area contributed by atoms with Crippen molar-refractivity contribution in [1.29, 1.82) is 0 Å². The summed E-state index contributed by atoms with van der Waals surface area (Å²) < 4.78 is 1.16. The number of rotatable bonds is 5. The van der Waals surface area contributed by atoms with Gasteiger partial charge < -0.3 is 0 Å². The molecule has 3 aromatic rings. The van der Waals surface area contributed by atoms with E-state index in [0.717, 1.165) is 10.9 Å². The van der Waals surface area contributed by atoms with E-state index < -0.39 is 8.80 Å². The van der Waals surface area contributed by atoms with Gasteiger partial charge in [0.1, 0.15) is 8.80 Å². The standard InChI is InChI=1S/C20H18BrSi/c21-18-9-7-8-17(16-18)14-15-22(19-10-3-1-4-11-19)20-12-5-2-6-13-20/h1-13,16H,14-15H2. The van der Waals surface area contributed by atoms with E-state index in [1.165, 1.54) is 22.0 Å². The summed E-state index contributed by atoms with van der Waals surface area (Å²) in [6.07, 6.45) is 1.12. The third kappa shape index (κ3) is 3.96. The van der Waals surface area contributed by atoms with E-state index in [9.17, 15) is 0 Å². The van der Waals surface area contributed by atoms with Crippen LogP contribution < -0.4 is 10.4 Å². The van der Waals surface area contributed by atoms with E-state index in [4.69, 9.17) is 0 Å². The smallest absolute Gasteiger partial charge is 0.0628 e. The summed E-state index contributed by atoms with van der Waals surface area (Å²) in [5.41, 5.74) is 1.41. The minimum Gasteiger partial charge on any atom is -0.0628 e. The van der Waals surface area contributed by atoms with Crippen LogP contribution >= 0.6 is 15.9 Å². The molecule has 22 heavy (non-hydrogen) atoms. The predicted octanol–water partition coefficient (Wildman–Crippen LogP) is 4.30. The Kier molecular flexibility index (Phi) is 5.25. The number of benzene rings is 3. The van der Waals surface area contributed by atoms with Crippen LogP contribution in [0.25, 0.3) is 0 Å². The van der Waals surface area contributed by atoms with Crippen LogP contribution in [0.5, 0.6) is 0 Å². The summed E-state index contributed by atoms with van der Waals surface area (Å²) in [7, 11) is -0.725. The molecular formula is C20H18BrSi. The lowest BCUT2D eigenvalue weighted by atomic mass is 10.2. The van der Waals surface area contributed by atoms with E-state index in [1.807, 2.05) is 0 Å². The summed E-state index contributed by atoms with van der Waals surface area (Å²) in [4.78, 5) is 0. The molecule has 0 saturated heterocycles. The summed E-state index contributed by atoms with van der Waals surface area (Å²) in [6.45, 7) is 0. The van der Waals surface area contributed by atoms with Crippen LogP contribution in [0.3, 0.4) is 0 Å². The topological polar surface area (TPSA) is 0 Å². The van der Waals surface area contributed by atoms with E-state index in [0.29, 0.717) is 0 Å². The molecule has 0 heterocycles. The average Bonchev–Trinajstić information content (AvgIpc) is 2.57. The molecule has 0 unspecified atom stereocenters. The molecule has 0 aliphatic rings. The zero-order valence-corrected chi connectivity index (χ0v) is 15.0. The van der Waals surface area contributed by atoms with E-state index in [1.54, 1.807) is 0 Å². The Balaban J connectivity index is 1.83. The van der Waals surface area contributed by atoms with Gasteiger partial charge in [-0.3, -0.25) is 0 Å². The van der Waals surface area contributed by atoms with Crippen LogP contribution in [0, 0.1) is 0 Å². The van der Waals surface area contributed by atoms with Crippen LogP contribution in [0.15, 0.2) is 89.4 Å². The van der Waals surface area contributed by atoms with Gasteiger partial charge in [0.2, 0.25) is 0 Å². The molecule has 0 bridgehead atoms. The summed E-state index contributed by atoms with van der Waals surface area (Å²) >= 11 is 3.57. The van der Waals surface area contributed by atoms with Gasteiger partial charge in [0, 0.05) is 4.47 Å². The molecule has 0 saturated carbocycles. The van der Waals surface area contributed by atoms with Gasteiger partial charge >= 0.3 is 0 Å². The van der Waals surface area contributed by atoms with Crippen molar-refractivity contribution in [3.05, 3.63) is 95.0 Å². The largest absolute Gasteiger partial charge is 0.121 e. The summed E-state index contributed by atoms with van der Waals surface area (Å²) in [6, 6.07) is 31.8. The average molecular weight is 366 g/mol. The lowest BCUT2D eigenvalue weighted by Gasteiger charge is -2.16. The van der Waals surface area contributed by atoms with Gasteiger partial charge in [-0.25, -0.2) is 0 Å². The normalized spacial score (nSPS) is 10.8. The van der Waals surface area contributed by atoms with Crippen molar-refractivity contribution in [2.75, 3.05) is 0 Å². The SMILES string of the molecule is Brc1cccc(CC[Si](c2ccccc2)c2ccccc2)c1. The van der Waals surface area contributed by atoms with Gasteiger partial charge in [0.15, 0.2) is 0 Å². The molecule has 109 valence electrons. The Bertz CT molecular complexity index is 671. The van der Waals surface area contributed by atoms with Crippen LogP contribution in [0.2, 0.25) is 6.04 Å². The van der Waals surface area contributed by atoms with Gasteiger partial charge in [-0.05, 0) is 30.2 Å². The predicted molar refractivity (Wildman–Crippen MR) is 101 cm³/mol. The molecule has 3 aromatic carbocycles. The summed E-state index contributed by atoms with van der Waals surface area (Å²) in [5.74, 6) is 0. The fourth-order valence-corrected chi connectivity index (χ4v) is 5.78. The zero-order valence-electron chi connectivity index (χ0n) is 12.4. The fourth-order valence-electron chi connectivity index (χ4n) is 2.70. The second kappa shape index (κ2) is 7.57. The Labute approximate surface area is 142 Å². The third-order valence-corrected chi connectivity index (χ3v) is 7.10. The summed E-state index contributed by atoms with van der Waals surface area (Å²) in [5, 5.41) is 2.99. The van der Waals surface area contributed by atoms with Crippen molar-refractivity contribution < 1.29 is 0 Å². The van der Waals surface area contributed by atoms with Gasteiger partial charge in [0.25, 0.3) is 0 Å². The molecule has 0 fully saturated rings. The molecule has 0 aliphatic carbocycles. The second-order valence-electron chi connectivity index (χ2n) is 5.34. The van der Waals surface area contributed by atoms with Crippen molar-refractivity contribution in [1.82, 2.24) is 0 Å². The van der Waals surface area contributed by atoms with Crippen molar-refractivity contribution in [3.8, 4) is 0 Å². The van der Waals surface area contributed by atoms with Gasteiger partial charge in [-0.15, -0.1) is 0 Å². The first-order valence-electron chi connectivity index (χ1n) is 7.54. The lowest BCUT2D eigenvalue weighted by Crippen LogP contribution is -2.42. The number of hydrogen-bond acceptors (Lipinski definition) is 0. The maximum atomic E-state index is 3.57. The van der Waals surface area contributed by atoms with Crippen LogP contribution in [0.1, 0.15) is 5.56 Å². The van der Waals surface area contributed by atoms with Crippen LogP contribution in [-0.2, 0) is 6.42 Å². The maximum absolute atomic E-state index is 3.57. The number of halogens is 1. The van der Waals surface area contributed by atoms with E-state index in [-0.39, 0.29) is 0 Å². The molecule has 0 nitrogen and oxygen atoms in total. The van der Waals surface area contributed by atoms with Crippen molar-refractivity contribution in [3.63, 3.8) is 0 Å². The molecule has 2 heteroatoms. The third-order valence-electron chi connectivity index (χ3n) is 3.80. The lowest BCUT2D eigenvalue weighted by molar-refractivity contribution is 1.12. The highest BCUT2D eigenvalue weighted by atomic mass is 79.9. The molecule has 0 N–H and O–H groups in total. The molecule has 0 amide bonds. The molecule has 0 aliphatic heterocycles. The van der Waals surface area contributed by atoms with Gasteiger partial charge in [-0.1, -0.05) is 99.1 Å². The first kappa shape index (κ1) is 15.3. The maximum Gasteiger partial charge on any atom is 0.121 e. The van der Waals surface area contributed by atoms with Crippen LogP contribution in [-0.4, -0.2) is 8.80 Å². The highest BCUT2D eigenvalue weighted by molar-refractivity contribution is 9.10. The van der Waals surface area contributed by atoms with Crippen molar-refractivity contribution in [2.24, 2.45) is 0 Å². The molecule has 0 aromatic heterocycles. The number of aryl methyl sites for hydroxylation is 1. The quantitative estimate of drug-likeness (QED) is 0.591. The minimum absolute atomic E-state index is 0.725. The highest BCUT2D eigenvalue weighted by Crippen LogP contribution is 2.14. The van der Waals surface area contributed by atoms with Gasteiger partial charge in [-0.2, -0.15) is 0 Å². The molecule has 1 radical (unpaired) electrons. The Hall–Kier alpha value is -1.64. The van der Waals surface area contributed by atoms with E-state index >= 15 is 0 Å². The molecule has 0 spiro atoms. The first-order chi connectivity index (χ1) is 10.8. The Morgan fingerprint density at radius 3 is 1.82 bits per heavy atom. The van der Waals surface area contributed by atoms with Crippen molar-refractivity contribution >= 4 is 35.1 Å². The zero-order chi connectivity index (χ0) is 15.2. The Morgan fingerprint density at radius 1 is 0.682 bits per heavy atom. The molecule has 3 rings (SSSR count). The van der Waals surface area contributed by atoms with Crippen molar-refractivity contribution in [2.45, 2.75) is 12.5 Å². The van der Waals surface area contributed by atoms with Crippen LogP contribution in [0.4, 0.5) is 0 Å². The van der Waals surface area contributed by atoms with E-state index in [2.05, 4.69) is 101 Å². The van der Waals surface area contributed by atoms with Gasteiger partial charge in [0.05, 0.1) is 0 Å². The first-order valence-corrected chi connectivity index (χ1v) is 10.0. The monoisotopic (exact) mass is 365 g/mol. The number of hydrogen-bond donors (Lipinski definition) is 0. The molecular weight excluding hydrogens is 348 g/mol.